The summed E-state index contributed by atoms with van der Waals surface area (Å²) in [6.45, 7) is 0. The van der Waals surface area contributed by atoms with Crippen LogP contribution in [0.25, 0.3) is 0 Å². The molecular weight excluding hydrogens is 303 g/mol. The number of halogens is 2. The summed E-state index contributed by atoms with van der Waals surface area (Å²) in [6.07, 6.45) is 2.14. The molecule has 6 nitrogen and oxygen atoms in total. The summed E-state index contributed by atoms with van der Waals surface area (Å²) in [6, 6.07) is 6.58. The van der Waals surface area contributed by atoms with Crippen LogP contribution in [-0.2, 0) is 11.9 Å². The normalized spacial score (nSPS) is 10.8. The molecular formula is C12H10Cl2N4O2. The molecule has 0 bridgehead atoms. The highest BCUT2D eigenvalue weighted by molar-refractivity contribution is 6.32. The van der Waals surface area contributed by atoms with Gasteiger partial charge in [-0.05, 0) is 24.3 Å². The molecule has 0 aliphatic rings. The predicted octanol–water partition coefficient (Wildman–Crippen LogP) is 3.31. The maximum atomic E-state index is 11.4. The number of aryl methyl sites for hydroxylation is 1. The number of anilines is 1. The Kier molecular flexibility index (Phi) is 4.60. The molecule has 0 saturated heterocycles. The lowest BCUT2D eigenvalue weighted by Gasteiger charge is -2.01. The lowest BCUT2D eigenvalue weighted by Crippen LogP contribution is -2.10. The number of rotatable bonds is 3. The SMILES string of the molecule is Cn1cc(Cl)c(C=NOC(=O)Nc2ccc(Cl)cc2)n1. The molecule has 0 fully saturated rings. The predicted molar refractivity (Wildman–Crippen MR) is 77.4 cm³/mol. The van der Waals surface area contributed by atoms with Gasteiger partial charge in [0.2, 0.25) is 0 Å². The van der Waals surface area contributed by atoms with E-state index in [9.17, 15) is 4.79 Å². The second-order valence-corrected chi connectivity index (χ2v) is 4.62. The van der Waals surface area contributed by atoms with Crippen LogP contribution in [-0.4, -0.2) is 22.1 Å². The Labute approximate surface area is 124 Å². The minimum Gasteiger partial charge on any atom is -0.298 e. The molecule has 1 aromatic heterocycles. The largest absolute Gasteiger partial charge is 0.437 e. The molecule has 0 aliphatic carbocycles. The van der Waals surface area contributed by atoms with E-state index in [1.807, 2.05) is 0 Å². The van der Waals surface area contributed by atoms with E-state index in [2.05, 4.69) is 20.4 Å². The van der Waals surface area contributed by atoms with E-state index in [1.54, 1.807) is 37.5 Å². The van der Waals surface area contributed by atoms with Gasteiger partial charge in [-0.3, -0.25) is 14.8 Å². The zero-order chi connectivity index (χ0) is 14.5. The molecule has 1 aromatic carbocycles. The van der Waals surface area contributed by atoms with Crippen molar-refractivity contribution in [3.8, 4) is 0 Å². The number of oxime groups is 1. The molecule has 104 valence electrons. The lowest BCUT2D eigenvalue weighted by atomic mass is 10.3. The number of hydrogen-bond acceptors (Lipinski definition) is 4. The first kappa shape index (κ1) is 14.4. The highest BCUT2D eigenvalue weighted by atomic mass is 35.5. The van der Waals surface area contributed by atoms with Crippen LogP contribution in [0.15, 0.2) is 35.6 Å². The van der Waals surface area contributed by atoms with Crippen LogP contribution in [0.4, 0.5) is 10.5 Å². The molecule has 0 saturated carbocycles. The van der Waals surface area contributed by atoms with Crippen molar-refractivity contribution in [1.82, 2.24) is 9.78 Å². The Morgan fingerprint density at radius 3 is 2.70 bits per heavy atom. The van der Waals surface area contributed by atoms with Gasteiger partial charge < -0.3 is 0 Å². The number of benzene rings is 1. The number of hydrogen-bond donors (Lipinski definition) is 1. The molecule has 1 heterocycles. The molecule has 8 heteroatoms. The van der Waals surface area contributed by atoms with Gasteiger partial charge in [0.15, 0.2) is 0 Å². The van der Waals surface area contributed by atoms with Crippen LogP contribution in [0, 0.1) is 0 Å². The monoisotopic (exact) mass is 312 g/mol. The maximum Gasteiger partial charge on any atom is 0.437 e. The first-order valence-electron chi connectivity index (χ1n) is 5.50. The average molecular weight is 313 g/mol. The van der Waals surface area contributed by atoms with Gasteiger partial charge in [-0.1, -0.05) is 28.4 Å². The van der Waals surface area contributed by atoms with Gasteiger partial charge in [0, 0.05) is 24.0 Å². The summed E-state index contributed by atoms with van der Waals surface area (Å²) in [4.78, 5) is 16.1. The molecule has 2 aromatic rings. The molecule has 0 spiro atoms. The zero-order valence-electron chi connectivity index (χ0n) is 10.4. The van der Waals surface area contributed by atoms with Crippen LogP contribution >= 0.6 is 23.2 Å². The van der Waals surface area contributed by atoms with Crippen molar-refractivity contribution < 1.29 is 9.63 Å². The average Bonchev–Trinajstić information content (AvgIpc) is 2.71. The first-order chi connectivity index (χ1) is 9.54. The number of carbonyl (C=O) groups is 1. The van der Waals surface area contributed by atoms with E-state index in [1.165, 1.54) is 10.9 Å². The number of nitrogens with one attached hydrogen (secondary N) is 1. The van der Waals surface area contributed by atoms with Crippen molar-refractivity contribution in [3.63, 3.8) is 0 Å². The maximum absolute atomic E-state index is 11.4. The van der Waals surface area contributed by atoms with Crippen molar-refractivity contribution in [2.45, 2.75) is 0 Å². The fourth-order valence-electron chi connectivity index (χ4n) is 1.36. The fourth-order valence-corrected chi connectivity index (χ4v) is 1.72. The van der Waals surface area contributed by atoms with Crippen LogP contribution in [0.5, 0.6) is 0 Å². The quantitative estimate of drug-likeness (QED) is 0.537. The van der Waals surface area contributed by atoms with Crippen LogP contribution in [0.3, 0.4) is 0 Å². The van der Waals surface area contributed by atoms with Gasteiger partial charge in [-0.15, -0.1) is 0 Å². The number of carbonyl (C=O) groups excluding carboxylic acids is 1. The van der Waals surface area contributed by atoms with Crippen molar-refractivity contribution in [2.75, 3.05) is 5.32 Å². The highest BCUT2D eigenvalue weighted by Gasteiger charge is 2.04. The van der Waals surface area contributed by atoms with Gasteiger partial charge >= 0.3 is 6.09 Å². The Balaban J connectivity index is 1.89. The Bertz CT molecular complexity index is 637. The molecule has 0 unspecified atom stereocenters. The van der Waals surface area contributed by atoms with Gasteiger partial charge in [0.05, 0.1) is 11.2 Å². The minimum absolute atomic E-state index is 0.411. The molecule has 1 N–H and O–H groups in total. The summed E-state index contributed by atoms with van der Waals surface area (Å²) in [7, 11) is 1.72. The van der Waals surface area contributed by atoms with E-state index in [0.29, 0.717) is 21.4 Å². The van der Waals surface area contributed by atoms with E-state index in [0.717, 1.165) is 0 Å². The van der Waals surface area contributed by atoms with E-state index in [-0.39, 0.29) is 0 Å². The van der Waals surface area contributed by atoms with Crippen molar-refractivity contribution in [3.05, 3.63) is 46.2 Å². The number of nitrogens with zero attached hydrogens (tertiary/aromatic N) is 3. The molecule has 1 amide bonds. The molecule has 2 rings (SSSR count). The van der Waals surface area contributed by atoms with Crippen molar-refractivity contribution in [2.24, 2.45) is 12.2 Å². The fraction of sp³-hybridized carbons (Fsp3) is 0.0833. The molecule has 0 aliphatic heterocycles. The standard InChI is InChI=1S/C12H10Cl2N4O2/c1-18-7-10(14)11(17-18)6-15-20-12(19)16-9-4-2-8(13)3-5-9/h2-7H,1H3,(H,16,19). The first-order valence-corrected chi connectivity index (χ1v) is 6.26. The Hall–Kier alpha value is -2.05. The van der Waals surface area contributed by atoms with Crippen molar-refractivity contribution >= 4 is 41.2 Å². The third kappa shape index (κ3) is 3.97. The van der Waals surface area contributed by atoms with Crippen LogP contribution in [0.1, 0.15) is 5.69 Å². The molecule has 20 heavy (non-hydrogen) atoms. The molecule has 0 radical (unpaired) electrons. The lowest BCUT2D eigenvalue weighted by molar-refractivity contribution is 0.167. The number of amides is 1. The zero-order valence-corrected chi connectivity index (χ0v) is 11.9. The van der Waals surface area contributed by atoms with Gasteiger partial charge in [0.1, 0.15) is 5.69 Å². The Morgan fingerprint density at radius 2 is 2.10 bits per heavy atom. The van der Waals surface area contributed by atoms with Crippen molar-refractivity contribution in [1.29, 1.82) is 0 Å². The van der Waals surface area contributed by atoms with Gasteiger partial charge in [-0.25, -0.2) is 4.79 Å². The van der Waals surface area contributed by atoms with E-state index in [4.69, 9.17) is 23.2 Å². The van der Waals surface area contributed by atoms with Gasteiger partial charge in [0.25, 0.3) is 0 Å². The summed E-state index contributed by atoms with van der Waals surface area (Å²) in [5.74, 6) is 0. The second-order valence-electron chi connectivity index (χ2n) is 3.78. The third-order valence-electron chi connectivity index (χ3n) is 2.21. The summed E-state index contributed by atoms with van der Waals surface area (Å²) >= 11 is 11.6. The number of aromatic nitrogens is 2. The van der Waals surface area contributed by atoms with E-state index < -0.39 is 6.09 Å². The second kappa shape index (κ2) is 6.40. The summed E-state index contributed by atoms with van der Waals surface area (Å²) < 4.78 is 1.53. The highest BCUT2D eigenvalue weighted by Crippen LogP contribution is 2.13. The van der Waals surface area contributed by atoms with Crippen LogP contribution in [0.2, 0.25) is 10.0 Å². The third-order valence-corrected chi connectivity index (χ3v) is 2.75. The van der Waals surface area contributed by atoms with Gasteiger partial charge in [-0.2, -0.15) is 5.10 Å². The summed E-state index contributed by atoms with van der Waals surface area (Å²) in [5.41, 5.74) is 0.957. The van der Waals surface area contributed by atoms with Crippen LogP contribution < -0.4 is 5.32 Å². The Morgan fingerprint density at radius 1 is 1.40 bits per heavy atom. The minimum atomic E-state index is -0.726. The van der Waals surface area contributed by atoms with E-state index >= 15 is 0 Å². The molecule has 0 atom stereocenters. The summed E-state index contributed by atoms with van der Waals surface area (Å²) in [5, 5.41) is 11.0. The smallest absolute Gasteiger partial charge is 0.298 e. The topological polar surface area (TPSA) is 68.5 Å².